The average Bonchev–Trinajstić information content (AvgIpc) is 3.45. The summed E-state index contributed by atoms with van der Waals surface area (Å²) in [5.74, 6) is 2.51. The van der Waals surface area contributed by atoms with Crippen molar-refractivity contribution in [3.63, 3.8) is 0 Å². The summed E-state index contributed by atoms with van der Waals surface area (Å²) in [6, 6.07) is 8.95. The number of ether oxygens (including phenoxy) is 2. The third kappa shape index (κ3) is 5.63. The average molecular weight is 598 g/mol. The second-order valence-electron chi connectivity index (χ2n) is 9.82. The number of aromatic nitrogens is 1. The minimum Gasteiger partial charge on any atom is -0.496 e. The second kappa shape index (κ2) is 12.2. The van der Waals surface area contributed by atoms with Gasteiger partial charge in [0.2, 0.25) is 5.52 Å². The molecule has 2 heterocycles. The van der Waals surface area contributed by atoms with E-state index in [0.717, 1.165) is 37.4 Å². The Labute approximate surface area is 249 Å². The lowest BCUT2D eigenvalue weighted by atomic mass is 9.87. The summed E-state index contributed by atoms with van der Waals surface area (Å²) in [6.07, 6.45) is 13.7. The normalized spacial score (nSPS) is 19.2. The van der Waals surface area contributed by atoms with Crippen LogP contribution in [0.15, 0.2) is 67.3 Å². The maximum atomic E-state index is 5.69. The molecule has 0 amide bonds. The van der Waals surface area contributed by atoms with E-state index in [4.69, 9.17) is 9.47 Å². The lowest BCUT2D eigenvalue weighted by Crippen LogP contribution is -2.33. The zero-order valence-corrected chi connectivity index (χ0v) is 27.1. The van der Waals surface area contributed by atoms with Crippen LogP contribution < -0.4 is 18.9 Å². The molecule has 4 nitrogen and oxygen atoms in total. The zero-order chi connectivity index (χ0) is 27.7. The Bertz CT molecular complexity index is 1490. The van der Waals surface area contributed by atoms with E-state index in [1.165, 1.54) is 51.8 Å². The van der Waals surface area contributed by atoms with Crippen LogP contribution in [0.3, 0.4) is 0 Å². The highest BCUT2D eigenvalue weighted by atomic mass is 32.2. The number of aryl methyl sites for hydroxylation is 1. The minimum absolute atomic E-state index is 0.604. The predicted octanol–water partition coefficient (Wildman–Crippen LogP) is 8.88. The molecule has 0 N–H and O–H groups in total. The van der Waals surface area contributed by atoms with Crippen molar-refractivity contribution in [3.05, 3.63) is 57.6 Å². The number of thiazole rings is 1. The van der Waals surface area contributed by atoms with Crippen molar-refractivity contribution in [2.75, 3.05) is 38.2 Å². The molecule has 2 aliphatic rings. The fraction of sp³-hybridized carbons (Fsp3) is 0.387. The highest BCUT2D eigenvalue weighted by molar-refractivity contribution is 8.03. The van der Waals surface area contributed by atoms with Crippen LogP contribution in [0.1, 0.15) is 38.6 Å². The second-order valence-corrected chi connectivity index (χ2v) is 13.6. The molecule has 1 atom stereocenters. The van der Waals surface area contributed by atoms with Crippen LogP contribution in [0.2, 0.25) is 0 Å². The van der Waals surface area contributed by atoms with Crippen LogP contribution in [0.25, 0.3) is 16.3 Å². The largest absolute Gasteiger partial charge is 0.496 e. The Hall–Kier alpha value is -2.00. The third-order valence-electron chi connectivity index (χ3n) is 7.26. The molecule has 0 bridgehead atoms. The molecule has 1 aliphatic heterocycles. The Kier molecular flexibility index (Phi) is 8.96. The smallest absolute Gasteiger partial charge is 0.263 e. The quantitative estimate of drug-likeness (QED) is 0.190. The standard InChI is InChI=1S/C31H37N2O2S4/c1-8-32-22-15-24(34-4)28(36-6)17-26(22)38-30(32)13-20-10-19(3)11-21(12-20)14-31-33(9-2)23-16-25(35-5)29(37-7)18-27(23)39-31/h12-19H,8-11H2,1-7H3/q+1. The maximum absolute atomic E-state index is 5.69. The van der Waals surface area contributed by atoms with Crippen molar-refractivity contribution in [3.8, 4) is 11.5 Å². The Morgan fingerprint density at radius 3 is 2.38 bits per heavy atom. The number of allylic oxidation sites excluding steroid dienone is 4. The van der Waals surface area contributed by atoms with Crippen molar-refractivity contribution in [2.45, 2.75) is 54.8 Å². The third-order valence-corrected chi connectivity index (χ3v) is 11.0. The van der Waals surface area contributed by atoms with Crippen molar-refractivity contribution < 1.29 is 14.0 Å². The van der Waals surface area contributed by atoms with Gasteiger partial charge in [0.25, 0.3) is 5.01 Å². The molecular formula is C31H37N2O2S4+. The number of nitrogens with zero attached hydrogens (tertiary/aromatic N) is 2. The van der Waals surface area contributed by atoms with Gasteiger partial charge in [0, 0.05) is 23.6 Å². The van der Waals surface area contributed by atoms with Gasteiger partial charge in [-0.2, -0.15) is 4.57 Å². The molecule has 0 radical (unpaired) electrons. The van der Waals surface area contributed by atoms with E-state index in [-0.39, 0.29) is 0 Å². The summed E-state index contributed by atoms with van der Waals surface area (Å²) in [7, 11) is 3.52. The molecule has 0 spiro atoms. The number of anilines is 1. The molecular weight excluding hydrogens is 561 g/mol. The highest BCUT2D eigenvalue weighted by Crippen LogP contribution is 2.50. The summed E-state index contributed by atoms with van der Waals surface area (Å²) in [6.45, 7) is 8.68. The SMILES string of the molecule is CCN1C(=CC2=CC(=Cc3sc4cc(SC)c(OC)cc4[n+]3CC)CC(C)C2)Sc2cc(SC)c(OC)cc21. The van der Waals surface area contributed by atoms with Gasteiger partial charge in [0.15, 0.2) is 0 Å². The summed E-state index contributed by atoms with van der Waals surface area (Å²) in [5, 5.41) is 2.60. The topological polar surface area (TPSA) is 25.6 Å². The van der Waals surface area contributed by atoms with Gasteiger partial charge < -0.3 is 14.4 Å². The Morgan fingerprint density at radius 1 is 1.00 bits per heavy atom. The van der Waals surface area contributed by atoms with E-state index in [1.54, 1.807) is 37.7 Å². The molecule has 1 aromatic heterocycles. The number of benzene rings is 2. The first-order valence-corrected chi connectivity index (χ1v) is 17.4. The van der Waals surface area contributed by atoms with Crippen LogP contribution in [0.5, 0.6) is 11.5 Å². The number of fused-ring (bicyclic) bond motifs is 2. The van der Waals surface area contributed by atoms with Crippen LogP contribution in [-0.2, 0) is 6.54 Å². The Balaban J connectivity index is 1.51. The molecule has 0 fully saturated rings. The van der Waals surface area contributed by atoms with Gasteiger partial charge in [0.1, 0.15) is 22.7 Å². The predicted molar refractivity (Wildman–Crippen MR) is 172 cm³/mol. The molecule has 0 saturated heterocycles. The maximum Gasteiger partial charge on any atom is 0.263 e. The lowest BCUT2D eigenvalue weighted by molar-refractivity contribution is -0.665. The van der Waals surface area contributed by atoms with Crippen molar-refractivity contribution >= 4 is 68.6 Å². The van der Waals surface area contributed by atoms with Gasteiger partial charge in [-0.1, -0.05) is 36.1 Å². The zero-order valence-electron chi connectivity index (χ0n) is 23.8. The van der Waals surface area contributed by atoms with Crippen molar-refractivity contribution in [1.29, 1.82) is 0 Å². The van der Waals surface area contributed by atoms with Crippen molar-refractivity contribution in [2.24, 2.45) is 5.92 Å². The van der Waals surface area contributed by atoms with E-state index in [9.17, 15) is 0 Å². The molecule has 1 aliphatic carbocycles. The summed E-state index contributed by atoms with van der Waals surface area (Å²) in [4.78, 5) is 6.10. The van der Waals surface area contributed by atoms with Gasteiger partial charge in [-0.05, 0) is 74.5 Å². The molecule has 1 unspecified atom stereocenters. The number of methoxy groups -OCH3 is 2. The first kappa shape index (κ1) is 28.5. The molecule has 3 aromatic rings. The van der Waals surface area contributed by atoms with Crippen molar-refractivity contribution in [1.82, 2.24) is 0 Å². The Morgan fingerprint density at radius 2 is 1.72 bits per heavy atom. The molecule has 8 heteroatoms. The highest BCUT2D eigenvalue weighted by Gasteiger charge is 2.27. The minimum atomic E-state index is 0.604. The fourth-order valence-electron chi connectivity index (χ4n) is 5.48. The summed E-state index contributed by atoms with van der Waals surface area (Å²) < 4.78 is 15.1. The molecule has 5 rings (SSSR count). The summed E-state index contributed by atoms with van der Waals surface area (Å²) in [5.41, 5.74) is 5.30. The lowest BCUT2D eigenvalue weighted by Gasteiger charge is -2.22. The molecule has 39 heavy (non-hydrogen) atoms. The van der Waals surface area contributed by atoms with Crippen LogP contribution in [-0.4, -0.2) is 33.3 Å². The van der Waals surface area contributed by atoms with Crippen LogP contribution >= 0.6 is 46.6 Å². The number of hydrogen-bond donors (Lipinski definition) is 0. The van der Waals surface area contributed by atoms with Crippen LogP contribution in [0, 0.1) is 5.92 Å². The van der Waals surface area contributed by atoms with Gasteiger partial charge in [0.05, 0.1) is 40.8 Å². The fourth-order valence-corrected chi connectivity index (χ4v) is 9.23. The van der Waals surface area contributed by atoms with Crippen LogP contribution in [0.4, 0.5) is 5.69 Å². The number of thioether (sulfide) groups is 3. The van der Waals surface area contributed by atoms with E-state index in [1.807, 2.05) is 23.1 Å². The van der Waals surface area contributed by atoms with Gasteiger partial charge in [-0.25, -0.2) is 0 Å². The first-order chi connectivity index (χ1) is 18.9. The van der Waals surface area contributed by atoms with E-state index < -0.39 is 0 Å². The number of rotatable bonds is 8. The first-order valence-electron chi connectivity index (χ1n) is 13.3. The van der Waals surface area contributed by atoms with Gasteiger partial charge in [-0.3, -0.25) is 0 Å². The van der Waals surface area contributed by atoms with Gasteiger partial charge >= 0.3 is 0 Å². The number of hydrogen-bond acceptors (Lipinski definition) is 7. The monoisotopic (exact) mass is 597 g/mol. The van der Waals surface area contributed by atoms with Gasteiger partial charge in [-0.15, -0.1) is 23.5 Å². The summed E-state index contributed by atoms with van der Waals surface area (Å²) >= 11 is 7.23. The molecule has 0 saturated carbocycles. The van der Waals surface area contributed by atoms with E-state index in [2.05, 4.69) is 85.2 Å². The van der Waals surface area contributed by atoms with E-state index in [0.29, 0.717) is 5.92 Å². The van der Waals surface area contributed by atoms with E-state index >= 15 is 0 Å². The molecule has 206 valence electrons. The molecule has 2 aromatic carbocycles.